The molecule has 0 saturated heterocycles. The van der Waals surface area contributed by atoms with Gasteiger partial charge in [0.25, 0.3) is 0 Å². The van der Waals surface area contributed by atoms with E-state index >= 15 is 0 Å². The smallest absolute Gasteiger partial charge is 0.0610 e. The van der Waals surface area contributed by atoms with Crippen LogP contribution in [-0.4, -0.2) is 0 Å². The minimum Gasteiger partial charge on any atom is -0.0610 e. The molecule has 0 unspecified atom stereocenters. The highest BCUT2D eigenvalue weighted by Crippen LogP contribution is 2.43. The molecule has 0 radical (unpaired) electrons. The van der Waals surface area contributed by atoms with E-state index in [-0.39, 0.29) is 69.1 Å². The Labute approximate surface area is 263 Å². The second-order valence-corrected chi connectivity index (χ2v) is 9.73. The SMILES string of the molecule is [2H]c1c(Br)c([2H])c(-c2c([2H])c([2H])c3c([2H])c([2H])c4c([2H])c([2H])c([2H])c5c([2H])c([2H])c2c3c45)c([2H])c1-c1c([2H])c([2H])c2c([2H])c([2H])c3c([2H])c([2H])c([2H])c4c([2H])c([2H])c1c2c34. The van der Waals surface area contributed by atoms with Crippen LogP contribution in [0.1, 0.15) is 28.8 Å². The van der Waals surface area contributed by atoms with Crippen LogP contribution in [0, 0.1) is 0 Å². The highest BCUT2D eigenvalue weighted by molar-refractivity contribution is 9.10. The molecule has 0 fully saturated rings. The average Bonchev–Trinajstić information content (AvgIpc) is 3.20. The van der Waals surface area contributed by atoms with Crippen LogP contribution >= 0.6 is 15.9 Å². The molecular weight excluding hydrogens is 536 g/mol. The van der Waals surface area contributed by atoms with Gasteiger partial charge in [-0.2, -0.15) is 0 Å². The van der Waals surface area contributed by atoms with Crippen molar-refractivity contribution in [3.63, 3.8) is 0 Å². The van der Waals surface area contributed by atoms with Crippen LogP contribution in [0.5, 0.6) is 0 Å². The van der Waals surface area contributed by atoms with Crippen LogP contribution in [0.4, 0.5) is 0 Å². The summed E-state index contributed by atoms with van der Waals surface area (Å²) in [6, 6.07) is -14.4. The Morgan fingerprint density at radius 3 is 1.18 bits per heavy atom. The first kappa shape index (κ1) is 9.62. The van der Waals surface area contributed by atoms with E-state index in [1.165, 1.54) is 0 Å². The minimum atomic E-state index is -0.818. The summed E-state index contributed by atoms with van der Waals surface area (Å²) in [6.45, 7) is 0. The second-order valence-electron chi connectivity index (χ2n) is 8.94. The molecule has 0 bridgehead atoms. The van der Waals surface area contributed by atoms with Crippen LogP contribution in [0.25, 0.3) is 86.9 Å². The van der Waals surface area contributed by atoms with E-state index in [0.717, 1.165) is 0 Å². The molecule has 0 nitrogen and oxygen atoms in total. The summed E-state index contributed by atoms with van der Waals surface area (Å²) in [5, 5.41) is -3.60. The van der Waals surface area contributed by atoms with E-state index in [2.05, 4.69) is 15.9 Å². The van der Waals surface area contributed by atoms with Gasteiger partial charge in [-0.15, -0.1) is 0 Å². The van der Waals surface area contributed by atoms with Crippen molar-refractivity contribution in [1.29, 1.82) is 0 Å². The van der Waals surface area contributed by atoms with Gasteiger partial charge in [-0.05, 0) is 105 Å². The quantitative estimate of drug-likeness (QED) is 0.179. The van der Waals surface area contributed by atoms with Crippen molar-refractivity contribution < 1.29 is 28.8 Å². The van der Waals surface area contributed by atoms with Crippen molar-refractivity contribution in [2.75, 3.05) is 0 Å². The van der Waals surface area contributed by atoms with Crippen molar-refractivity contribution >= 4 is 80.6 Å². The van der Waals surface area contributed by atoms with Crippen molar-refractivity contribution in [2.24, 2.45) is 0 Å². The molecule has 9 rings (SSSR count). The summed E-state index contributed by atoms with van der Waals surface area (Å²) in [4.78, 5) is 0. The number of rotatable bonds is 2. The first-order chi connectivity index (χ1) is 28.0. The molecule has 1 heteroatoms. The number of halogens is 1. The van der Waals surface area contributed by atoms with Gasteiger partial charge in [0.1, 0.15) is 0 Å². The molecule has 0 heterocycles. The van der Waals surface area contributed by atoms with Gasteiger partial charge in [0.2, 0.25) is 0 Å². The Morgan fingerprint density at radius 1 is 0.385 bits per heavy atom. The van der Waals surface area contributed by atoms with Gasteiger partial charge in [-0.25, -0.2) is 0 Å². The monoisotopic (exact) mass is 577 g/mol. The molecule has 0 aliphatic heterocycles. The third-order valence-corrected chi connectivity index (χ3v) is 7.24. The lowest BCUT2D eigenvalue weighted by atomic mass is 9.87. The number of hydrogen-bond acceptors (Lipinski definition) is 0. The van der Waals surface area contributed by atoms with Crippen molar-refractivity contribution in [2.45, 2.75) is 0 Å². The number of hydrogen-bond donors (Lipinski definition) is 0. The van der Waals surface area contributed by atoms with E-state index < -0.39 is 149 Å². The summed E-state index contributed by atoms with van der Waals surface area (Å²) in [7, 11) is 0. The van der Waals surface area contributed by atoms with E-state index in [0.29, 0.717) is 0 Å². The zero-order valence-electron chi connectivity index (χ0n) is 40.4. The first-order valence-electron chi connectivity index (χ1n) is 22.2. The Balaban J connectivity index is 1.55. The summed E-state index contributed by atoms with van der Waals surface area (Å²) in [5.41, 5.74) is -2.13. The maximum Gasteiger partial charge on any atom is 0.0641 e. The molecule has 0 amide bonds. The molecule has 0 aromatic heterocycles. The number of benzene rings is 9. The zero-order valence-corrected chi connectivity index (χ0v) is 21.0. The predicted molar refractivity (Wildman–Crippen MR) is 172 cm³/mol. The highest BCUT2D eigenvalue weighted by atomic mass is 79.9. The highest BCUT2D eigenvalue weighted by Gasteiger charge is 2.15. The lowest BCUT2D eigenvalue weighted by molar-refractivity contribution is 1.60. The normalized spacial score (nSPS) is 19.8. The van der Waals surface area contributed by atoms with Gasteiger partial charge in [-0.3, -0.25) is 0 Å². The molecule has 0 spiro atoms. The van der Waals surface area contributed by atoms with Gasteiger partial charge in [-0.1, -0.05) is 125 Å². The van der Waals surface area contributed by atoms with Crippen molar-refractivity contribution in [3.8, 4) is 22.3 Å². The van der Waals surface area contributed by atoms with Gasteiger partial charge in [0.05, 0.1) is 28.8 Å². The minimum absolute atomic E-state index is 0.184. The fraction of sp³-hybridized carbons (Fsp3) is 0. The van der Waals surface area contributed by atoms with Crippen LogP contribution in [0.2, 0.25) is 0 Å². The summed E-state index contributed by atoms with van der Waals surface area (Å²) in [5.74, 6) is 0. The van der Waals surface area contributed by atoms with Crippen LogP contribution in [0.15, 0.2) is 131 Å². The van der Waals surface area contributed by atoms with E-state index in [1.54, 1.807) is 0 Å². The lowest BCUT2D eigenvalue weighted by Gasteiger charge is -2.17. The standard InChI is InChI=1S/C38H21Br/c39-30-20-28(31-15-11-26-9-7-22-3-1-5-24-13-17-33(31)37(26)35(22)24)19-29(21-30)32-16-12-27-10-8-23-4-2-6-25-14-18-34(32)38(27)36(23)25/h1-21H/i1D,2D,3D,4D,5D,6D,7D,8D,9D,10D,11D,12D,13D,14D,15D,16D,17D,18D,19D,20D,21D. The van der Waals surface area contributed by atoms with Gasteiger partial charge in [0, 0.05) is 4.47 Å². The van der Waals surface area contributed by atoms with E-state index in [1.807, 2.05) is 0 Å². The Hall–Kier alpha value is -4.46. The topological polar surface area (TPSA) is 0 Å². The molecule has 180 valence electrons. The molecule has 9 aromatic rings. The molecule has 0 N–H and O–H groups in total. The third kappa shape index (κ3) is 3.00. The molecule has 9 aromatic carbocycles. The molecular formula is C38H21Br. The van der Waals surface area contributed by atoms with E-state index in [4.69, 9.17) is 19.2 Å². The fourth-order valence-electron chi connectivity index (χ4n) is 5.19. The second kappa shape index (κ2) is 7.79. The maximum atomic E-state index is 9.73. The van der Waals surface area contributed by atoms with Gasteiger partial charge < -0.3 is 0 Å². The fourth-order valence-corrected chi connectivity index (χ4v) is 5.58. The Kier molecular flexibility index (Phi) is 1.92. The summed E-state index contributed by atoms with van der Waals surface area (Å²) >= 11 is 3.23. The predicted octanol–water partition coefficient (Wildman–Crippen LogP) is 11.6. The summed E-state index contributed by atoms with van der Waals surface area (Å²) < 4.78 is 188. The van der Waals surface area contributed by atoms with E-state index in [9.17, 15) is 9.60 Å². The van der Waals surface area contributed by atoms with Crippen LogP contribution < -0.4 is 0 Å². The van der Waals surface area contributed by atoms with Crippen molar-refractivity contribution in [3.05, 3.63) is 131 Å². The van der Waals surface area contributed by atoms with Gasteiger partial charge >= 0.3 is 0 Å². The molecule has 0 aliphatic rings. The molecule has 0 atom stereocenters. The van der Waals surface area contributed by atoms with Crippen molar-refractivity contribution in [1.82, 2.24) is 0 Å². The Bertz CT molecular complexity index is 3280. The molecule has 39 heavy (non-hydrogen) atoms. The van der Waals surface area contributed by atoms with Crippen LogP contribution in [-0.2, 0) is 0 Å². The first-order valence-corrected chi connectivity index (χ1v) is 12.5. The Morgan fingerprint density at radius 2 is 0.744 bits per heavy atom. The average molecular weight is 579 g/mol. The van der Waals surface area contributed by atoms with Crippen LogP contribution in [0.3, 0.4) is 0 Å². The third-order valence-electron chi connectivity index (χ3n) is 6.84. The largest absolute Gasteiger partial charge is 0.0641 e. The molecule has 0 saturated carbocycles. The van der Waals surface area contributed by atoms with Gasteiger partial charge in [0.15, 0.2) is 0 Å². The maximum absolute atomic E-state index is 9.73. The lowest BCUT2D eigenvalue weighted by Crippen LogP contribution is -1.90. The zero-order chi connectivity index (χ0) is 43.9. The summed E-state index contributed by atoms with van der Waals surface area (Å²) in [6.07, 6.45) is 0. The molecule has 0 aliphatic carbocycles.